The van der Waals surface area contributed by atoms with Gasteiger partial charge in [-0.2, -0.15) is 0 Å². The zero-order valence-corrected chi connectivity index (χ0v) is 12.6. The van der Waals surface area contributed by atoms with E-state index >= 15 is 0 Å². The Hall–Kier alpha value is -0.420. The molecule has 1 aromatic rings. The van der Waals surface area contributed by atoms with Gasteiger partial charge in [-0.15, -0.1) is 0 Å². The van der Waals surface area contributed by atoms with Crippen LogP contribution in [0.4, 0.5) is 0 Å². The van der Waals surface area contributed by atoms with Gasteiger partial charge in [0.25, 0.3) is 0 Å². The fraction of sp³-hybridized carbons (Fsp3) is 0.571. The topological polar surface area (TPSA) is 27.3 Å². The van der Waals surface area contributed by atoms with Crippen molar-refractivity contribution >= 4 is 15.9 Å². The number of aryl methyl sites for hydroxylation is 1. The van der Waals surface area contributed by atoms with Crippen LogP contribution in [0.15, 0.2) is 22.7 Å². The number of nitrogens with zero attached hydrogens (tertiary/aromatic N) is 1. The lowest BCUT2D eigenvalue weighted by molar-refractivity contribution is 0.241. The molecule has 2 rings (SSSR count). The smallest absolute Gasteiger partial charge is 0.0209 e. The minimum atomic E-state index is 0.956. The molecule has 0 amide bonds. The highest BCUT2D eigenvalue weighted by Crippen LogP contribution is 2.15. The first-order chi connectivity index (χ1) is 8.75. The summed E-state index contributed by atoms with van der Waals surface area (Å²) < 4.78 is 1.16. The molecule has 0 aromatic heterocycles. The summed E-state index contributed by atoms with van der Waals surface area (Å²) in [6.07, 6.45) is 0. The SMILES string of the molecule is Cc1ccc(Br)cc1CNCCN1CCNCC1. The highest BCUT2D eigenvalue weighted by Gasteiger charge is 2.08. The quantitative estimate of drug-likeness (QED) is 0.811. The Labute approximate surface area is 118 Å². The molecule has 18 heavy (non-hydrogen) atoms. The molecule has 1 aromatic carbocycles. The third-order valence-corrected chi connectivity index (χ3v) is 3.93. The highest BCUT2D eigenvalue weighted by atomic mass is 79.9. The summed E-state index contributed by atoms with van der Waals surface area (Å²) in [6.45, 7) is 9.95. The van der Waals surface area contributed by atoms with Gasteiger partial charge in [-0.1, -0.05) is 22.0 Å². The van der Waals surface area contributed by atoms with Crippen molar-refractivity contribution in [3.63, 3.8) is 0 Å². The zero-order chi connectivity index (χ0) is 12.8. The zero-order valence-electron chi connectivity index (χ0n) is 11.0. The predicted octanol–water partition coefficient (Wildman–Crippen LogP) is 1.75. The number of halogens is 1. The molecular weight excluding hydrogens is 290 g/mol. The summed E-state index contributed by atoms with van der Waals surface area (Å²) in [4.78, 5) is 2.51. The minimum absolute atomic E-state index is 0.956. The third-order valence-electron chi connectivity index (χ3n) is 3.44. The van der Waals surface area contributed by atoms with Crippen LogP contribution in [0.1, 0.15) is 11.1 Å². The number of rotatable bonds is 5. The first-order valence-corrected chi connectivity index (χ1v) is 7.44. The van der Waals surface area contributed by atoms with Crippen molar-refractivity contribution in [1.29, 1.82) is 0 Å². The number of hydrogen-bond donors (Lipinski definition) is 2. The second-order valence-electron chi connectivity index (χ2n) is 4.84. The van der Waals surface area contributed by atoms with Gasteiger partial charge in [0.05, 0.1) is 0 Å². The first-order valence-electron chi connectivity index (χ1n) is 6.64. The van der Waals surface area contributed by atoms with E-state index in [9.17, 15) is 0 Å². The molecule has 0 spiro atoms. The third kappa shape index (κ3) is 4.35. The highest BCUT2D eigenvalue weighted by molar-refractivity contribution is 9.10. The Morgan fingerprint density at radius 3 is 2.89 bits per heavy atom. The molecule has 100 valence electrons. The van der Waals surface area contributed by atoms with Crippen LogP contribution in [0.2, 0.25) is 0 Å². The van der Waals surface area contributed by atoms with E-state index in [1.54, 1.807) is 0 Å². The summed E-state index contributed by atoms with van der Waals surface area (Å²) in [5.74, 6) is 0. The molecule has 4 heteroatoms. The summed E-state index contributed by atoms with van der Waals surface area (Å²) in [6, 6.07) is 6.46. The van der Waals surface area contributed by atoms with Crippen LogP contribution in [0.3, 0.4) is 0 Å². The monoisotopic (exact) mass is 311 g/mol. The van der Waals surface area contributed by atoms with Gasteiger partial charge in [-0.25, -0.2) is 0 Å². The Bertz CT molecular complexity index is 375. The lowest BCUT2D eigenvalue weighted by Gasteiger charge is -2.27. The molecule has 3 nitrogen and oxygen atoms in total. The van der Waals surface area contributed by atoms with Gasteiger partial charge in [0, 0.05) is 50.3 Å². The van der Waals surface area contributed by atoms with Crippen molar-refractivity contribution in [3.05, 3.63) is 33.8 Å². The van der Waals surface area contributed by atoms with E-state index in [0.717, 1.165) is 37.2 Å². The molecule has 0 radical (unpaired) electrons. The second kappa shape index (κ2) is 7.24. The average Bonchev–Trinajstić information content (AvgIpc) is 2.40. The van der Waals surface area contributed by atoms with Crippen molar-refractivity contribution < 1.29 is 0 Å². The van der Waals surface area contributed by atoms with Gasteiger partial charge in [0.2, 0.25) is 0 Å². The van der Waals surface area contributed by atoms with Crippen molar-refractivity contribution in [2.75, 3.05) is 39.3 Å². The molecule has 0 saturated carbocycles. The van der Waals surface area contributed by atoms with E-state index in [1.165, 1.54) is 24.2 Å². The van der Waals surface area contributed by atoms with Crippen LogP contribution in [0.5, 0.6) is 0 Å². The number of piperazine rings is 1. The van der Waals surface area contributed by atoms with Gasteiger partial charge in [-0.05, 0) is 30.2 Å². The lowest BCUT2D eigenvalue weighted by atomic mass is 10.1. The fourth-order valence-corrected chi connectivity index (χ4v) is 2.63. The fourth-order valence-electron chi connectivity index (χ4n) is 2.23. The summed E-state index contributed by atoms with van der Waals surface area (Å²) >= 11 is 3.52. The van der Waals surface area contributed by atoms with Crippen LogP contribution in [0.25, 0.3) is 0 Å². The second-order valence-corrected chi connectivity index (χ2v) is 5.75. The summed E-state index contributed by atoms with van der Waals surface area (Å²) in [5, 5.41) is 6.91. The van der Waals surface area contributed by atoms with Gasteiger partial charge in [-0.3, -0.25) is 4.90 Å². The molecule has 2 N–H and O–H groups in total. The standard InChI is InChI=1S/C14H22BrN3/c1-12-2-3-14(15)10-13(12)11-17-6-9-18-7-4-16-5-8-18/h2-3,10,16-17H,4-9,11H2,1H3. The van der Waals surface area contributed by atoms with E-state index < -0.39 is 0 Å². The molecule has 1 aliphatic heterocycles. The Morgan fingerprint density at radius 1 is 1.33 bits per heavy atom. The molecule has 1 heterocycles. The Balaban J connectivity index is 1.69. The van der Waals surface area contributed by atoms with Gasteiger partial charge in [0.1, 0.15) is 0 Å². The van der Waals surface area contributed by atoms with Crippen LogP contribution in [0, 0.1) is 6.92 Å². The van der Waals surface area contributed by atoms with E-state index in [4.69, 9.17) is 0 Å². The maximum Gasteiger partial charge on any atom is 0.0209 e. The molecule has 1 aliphatic rings. The molecule has 0 atom stereocenters. The molecular formula is C14H22BrN3. The van der Waals surface area contributed by atoms with Crippen molar-refractivity contribution in [1.82, 2.24) is 15.5 Å². The Kier molecular flexibility index (Phi) is 5.63. The van der Waals surface area contributed by atoms with E-state index in [-0.39, 0.29) is 0 Å². The molecule has 1 fully saturated rings. The van der Waals surface area contributed by atoms with Crippen LogP contribution < -0.4 is 10.6 Å². The maximum absolute atomic E-state index is 3.53. The number of benzene rings is 1. The number of nitrogens with one attached hydrogen (secondary N) is 2. The van der Waals surface area contributed by atoms with E-state index in [0.29, 0.717) is 0 Å². The molecule has 0 unspecified atom stereocenters. The van der Waals surface area contributed by atoms with E-state index in [2.05, 4.69) is 56.6 Å². The van der Waals surface area contributed by atoms with Gasteiger partial charge in [0.15, 0.2) is 0 Å². The maximum atomic E-state index is 3.53. The largest absolute Gasteiger partial charge is 0.314 e. The van der Waals surface area contributed by atoms with Crippen LogP contribution in [-0.4, -0.2) is 44.2 Å². The van der Waals surface area contributed by atoms with Gasteiger partial charge < -0.3 is 10.6 Å². The first kappa shape index (κ1) is 14.0. The molecule has 0 bridgehead atoms. The van der Waals surface area contributed by atoms with Crippen LogP contribution in [-0.2, 0) is 6.54 Å². The van der Waals surface area contributed by atoms with Crippen molar-refractivity contribution in [3.8, 4) is 0 Å². The van der Waals surface area contributed by atoms with Gasteiger partial charge >= 0.3 is 0 Å². The minimum Gasteiger partial charge on any atom is -0.314 e. The van der Waals surface area contributed by atoms with Crippen molar-refractivity contribution in [2.45, 2.75) is 13.5 Å². The lowest BCUT2D eigenvalue weighted by Crippen LogP contribution is -2.45. The molecule has 1 saturated heterocycles. The normalized spacial score (nSPS) is 17.0. The van der Waals surface area contributed by atoms with Crippen LogP contribution >= 0.6 is 15.9 Å². The summed E-state index contributed by atoms with van der Waals surface area (Å²) in [7, 11) is 0. The van der Waals surface area contributed by atoms with E-state index in [1.807, 2.05) is 0 Å². The number of hydrogen-bond acceptors (Lipinski definition) is 3. The molecule has 0 aliphatic carbocycles. The Morgan fingerprint density at radius 2 is 2.11 bits per heavy atom. The summed E-state index contributed by atoms with van der Waals surface area (Å²) in [5.41, 5.74) is 2.73. The average molecular weight is 312 g/mol. The van der Waals surface area contributed by atoms with Crippen molar-refractivity contribution in [2.24, 2.45) is 0 Å². The predicted molar refractivity (Wildman–Crippen MR) is 79.9 cm³/mol.